The maximum atomic E-state index is 5.74. The molecule has 0 aliphatic carbocycles. The molecule has 1 fully saturated rings. The van der Waals surface area contributed by atoms with Gasteiger partial charge < -0.3 is 9.47 Å². The van der Waals surface area contributed by atoms with Crippen LogP contribution in [0.15, 0.2) is 0 Å². The molecule has 0 aromatic heterocycles. The molecule has 4 heteroatoms. The minimum Gasteiger partial charge on any atom is -0.385 e. The van der Waals surface area contributed by atoms with Gasteiger partial charge in [0.05, 0.1) is 6.61 Å². The first-order valence-corrected chi connectivity index (χ1v) is 4.90. The number of ether oxygens (including phenoxy) is 2. The van der Waals surface area contributed by atoms with Gasteiger partial charge in [0.1, 0.15) is 5.72 Å². The van der Waals surface area contributed by atoms with E-state index in [-0.39, 0.29) is 23.7 Å². The Morgan fingerprint density at radius 2 is 2.00 bits per heavy atom. The minimum atomic E-state index is -0.151. The van der Waals surface area contributed by atoms with Gasteiger partial charge in [0.25, 0.3) is 0 Å². The molecule has 1 N–H and O–H groups in total. The van der Waals surface area contributed by atoms with Crippen molar-refractivity contribution in [1.82, 2.24) is 5.32 Å². The van der Waals surface area contributed by atoms with E-state index in [0.717, 1.165) is 26.1 Å². The van der Waals surface area contributed by atoms with Gasteiger partial charge in [-0.3, -0.25) is 5.32 Å². The summed E-state index contributed by atoms with van der Waals surface area (Å²) in [4.78, 5) is 0. The predicted molar refractivity (Wildman–Crippen MR) is 59.9 cm³/mol. The molecule has 1 unspecified atom stereocenters. The molecule has 0 saturated carbocycles. The topological polar surface area (TPSA) is 30.5 Å². The molecule has 1 aliphatic heterocycles. The number of hydrogen-bond donors (Lipinski definition) is 1. The summed E-state index contributed by atoms with van der Waals surface area (Å²) in [5.74, 6) is 0. The lowest BCUT2D eigenvalue weighted by atomic mass is 10.1. The second kappa shape index (κ2) is 5.31. The first-order valence-electron chi connectivity index (χ1n) is 4.90. The SMILES string of the molecule is COCCCC1(C)NC(C)(C)CO1.Cl. The van der Waals surface area contributed by atoms with Gasteiger partial charge in [0, 0.05) is 19.3 Å². The normalized spacial score (nSPS) is 30.0. The second-order valence-electron chi connectivity index (χ2n) is 4.62. The third-order valence-electron chi connectivity index (χ3n) is 2.36. The number of methoxy groups -OCH3 is 1. The van der Waals surface area contributed by atoms with E-state index in [1.54, 1.807) is 7.11 Å². The Labute approximate surface area is 92.9 Å². The minimum absolute atomic E-state index is 0. The molecule has 3 nitrogen and oxygen atoms in total. The highest BCUT2D eigenvalue weighted by Crippen LogP contribution is 2.26. The van der Waals surface area contributed by atoms with Gasteiger partial charge in [0.2, 0.25) is 0 Å². The van der Waals surface area contributed by atoms with E-state index >= 15 is 0 Å². The van der Waals surface area contributed by atoms with Gasteiger partial charge in [-0.25, -0.2) is 0 Å². The van der Waals surface area contributed by atoms with Gasteiger partial charge in [-0.2, -0.15) is 0 Å². The summed E-state index contributed by atoms with van der Waals surface area (Å²) >= 11 is 0. The number of rotatable bonds is 4. The highest BCUT2D eigenvalue weighted by molar-refractivity contribution is 5.85. The molecule has 0 amide bonds. The Balaban J connectivity index is 0.00000169. The fourth-order valence-corrected chi connectivity index (χ4v) is 1.82. The van der Waals surface area contributed by atoms with Crippen LogP contribution >= 0.6 is 12.4 Å². The van der Waals surface area contributed by atoms with Crippen molar-refractivity contribution in [2.24, 2.45) is 0 Å². The smallest absolute Gasteiger partial charge is 0.117 e. The molecule has 14 heavy (non-hydrogen) atoms. The maximum absolute atomic E-state index is 5.74. The first-order chi connectivity index (χ1) is 5.97. The molecule has 0 radical (unpaired) electrons. The van der Waals surface area contributed by atoms with Crippen molar-refractivity contribution >= 4 is 12.4 Å². The molecule has 1 aliphatic rings. The Morgan fingerprint density at radius 1 is 1.36 bits per heavy atom. The van der Waals surface area contributed by atoms with Crippen LogP contribution in [0.25, 0.3) is 0 Å². The molecule has 1 heterocycles. The average molecular weight is 224 g/mol. The molecule has 86 valence electrons. The van der Waals surface area contributed by atoms with E-state index in [9.17, 15) is 0 Å². The Bertz CT molecular complexity index is 176. The van der Waals surface area contributed by atoms with Crippen LogP contribution in [0.3, 0.4) is 0 Å². The lowest BCUT2D eigenvalue weighted by Crippen LogP contribution is -2.46. The second-order valence-corrected chi connectivity index (χ2v) is 4.62. The molecule has 0 spiro atoms. The summed E-state index contributed by atoms with van der Waals surface area (Å²) in [6.45, 7) is 8.03. The Kier molecular flexibility index (Phi) is 5.37. The molecular weight excluding hydrogens is 202 g/mol. The zero-order chi connectivity index (χ0) is 9.95. The van der Waals surface area contributed by atoms with Crippen LogP contribution in [0.1, 0.15) is 33.6 Å². The Hall–Kier alpha value is 0.170. The summed E-state index contributed by atoms with van der Waals surface area (Å²) in [7, 11) is 1.73. The standard InChI is InChI=1S/C10H21NO2.ClH/c1-9(2)8-13-10(3,11-9)6-5-7-12-4;/h11H,5-8H2,1-4H3;1H. The molecule has 0 aromatic carbocycles. The molecule has 1 rings (SSSR count). The third-order valence-corrected chi connectivity index (χ3v) is 2.36. The largest absolute Gasteiger partial charge is 0.385 e. The van der Waals surface area contributed by atoms with Gasteiger partial charge in [0.15, 0.2) is 0 Å². The molecular formula is C10H22ClNO2. The van der Waals surface area contributed by atoms with Crippen LogP contribution in [0, 0.1) is 0 Å². The zero-order valence-electron chi connectivity index (χ0n) is 9.55. The van der Waals surface area contributed by atoms with E-state index in [2.05, 4.69) is 26.1 Å². The lowest BCUT2D eigenvalue weighted by molar-refractivity contribution is -0.00678. The molecule has 1 atom stereocenters. The summed E-state index contributed by atoms with van der Waals surface area (Å²) in [5, 5.41) is 3.49. The number of nitrogens with one attached hydrogen (secondary N) is 1. The van der Waals surface area contributed by atoms with Crippen molar-refractivity contribution in [2.75, 3.05) is 20.3 Å². The van der Waals surface area contributed by atoms with E-state index in [0.29, 0.717) is 0 Å². The van der Waals surface area contributed by atoms with E-state index in [4.69, 9.17) is 9.47 Å². The van der Waals surface area contributed by atoms with Crippen molar-refractivity contribution in [2.45, 2.75) is 44.9 Å². The first kappa shape index (κ1) is 14.2. The van der Waals surface area contributed by atoms with Crippen LogP contribution in [-0.4, -0.2) is 31.6 Å². The van der Waals surface area contributed by atoms with Gasteiger partial charge in [-0.1, -0.05) is 0 Å². The summed E-state index contributed by atoms with van der Waals surface area (Å²) in [5.41, 5.74) is -0.0378. The molecule has 1 saturated heterocycles. The lowest BCUT2D eigenvalue weighted by Gasteiger charge is -2.26. The molecule has 0 bridgehead atoms. The quantitative estimate of drug-likeness (QED) is 0.740. The maximum Gasteiger partial charge on any atom is 0.117 e. The number of hydrogen-bond acceptors (Lipinski definition) is 3. The molecule has 0 aromatic rings. The summed E-state index contributed by atoms with van der Waals surface area (Å²) in [6, 6.07) is 0. The summed E-state index contributed by atoms with van der Waals surface area (Å²) < 4.78 is 10.8. The van der Waals surface area contributed by atoms with Crippen LogP contribution < -0.4 is 5.32 Å². The zero-order valence-corrected chi connectivity index (χ0v) is 10.4. The van der Waals surface area contributed by atoms with Gasteiger partial charge in [-0.05, 0) is 33.6 Å². The van der Waals surface area contributed by atoms with E-state index in [1.165, 1.54) is 0 Å². The van der Waals surface area contributed by atoms with Gasteiger partial charge in [-0.15, -0.1) is 12.4 Å². The van der Waals surface area contributed by atoms with Crippen molar-refractivity contribution in [3.05, 3.63) is 0 Å². The Morgan fingerprint density at radius 3 is 2.43 bits per heavy atom. The number of halogens is 1. The monoisotopic (exact) mass is 223 g/mol. The third kappa shape index (κ3) is 4.13. The van der Waals surface area contributed by atoms with Crippen LogP contribution in [0.2, 0.25) is 0 Å². The van der Waals surface area contributed by atoms with Crippen molar-refractivity contribution < 1.29 is 9.47 Å². The van der Waals surface area contributed by atoms with E-state index < -0.39 is 0 Å². The summed E-state index contributed by atoms with van der Waals surface area (Å²) in [6.07, 6.45) is 2.04. The van der Waals surface area contributed by atoms with Crippen molar-refractivity contribution in [1.29, 1.82) is 0 Å². The van der Waals surface area contributed by atoms with Crippen LogP contribution in [0.4, 0.5) is 0 Å². The predicted octanol–water partition coefficient (Wildman–Crippen LogP) is 1.95. The average Bonchev–Trinajstić information content (AvgIpc) is 2.27. The van der Waals surface area contributed by atoms with Crippen LogP contribution in [0.5, 0.6) is 0 Å². The van der Waals surface area contributed by atoms with Gasteiger partial charge >= 0.3 is 0 Å². The van der Waals surface area contributed by atoms with E-state index in [1.807, 2.05) is 0 Å². The highest BCUT2D eigenvalue weighted by atomic mass is 35.5. The van der Waals surface area contributed by atoms with Crippen molar-refractivity contribution in [3.63, 3.8) is 0 Å². The van der Waals surface area contributed by atoms with Crippen molar-refractivity contribution in [3.8, 4) is 0 Å². The highest BCUT2D eigenvalue weighted by Gasteiger charge is 2.39. The fourth-order valence-electron chi connectivity index (χ4n) is 1.82. The van der Waals surface area contributed by atoms with Crippen LogP contribution in [-0.2, 0) is 9.47 Å². The fraction of sp³-hybridized carbons (Fsp3) is 1.00.